The summed E-state index contributed by atoms with van der Waals surface area (Å²) < 4.78 is 5.31. The van der Waals surface area contributed by atoms with E-state index in [1.54, 1.807) is 25.3 Å². The largest absolute Gasteiger partial charge is 0.497 e. The molecular formula is C32H34Cl2N3O3+. The van der Waals surface area contributed by atoms with Crippen LogP contribution in [0.3, 0.4) is 0 Å². The molecule has 0 heterocycles. The van der Waals surface area contributed by atoms with Crippen LogP contribution in [-0.4, -0.2) is 30.7 Å². The Kier molecular flexibility index (Phi) is 8.62. The predicted molar refractivity (Wildman–Crippen MR) is 159 cm³/mol. The number of carbonyl (C=O) groups is 1. The summed E-state index contributed by atoms with van der Waals surface area (Å²) in [6.45, 7) is 0. The lowest BCUT2D eigenvalue weighted by atomic mass is 9.92. The minimum absolute atomic E-state index is 0.0126. The van der Waals surface area contributed by atoms with Crippen LogP contribution in [0.25, 0.3) is 6.08 Å². The molecule has 8 heteroatoms. The Labute approximate surface area is 245 Å². The van der Waals surface area contributed by atoms with E-state index in [2.05, 4.69) is 11.4 Å². The normalized spacial score (nSPS) is 24.9. The fraction of sp³-hybridized carbons (Fsp3) is 0.375. The molecule has 0 aliphatic heterocycles. The molecule has 2 aromatic carbocycles. The molecule has 5 rings (SSSR count). The first kappa shape index (κ1) is 28.4. The molecule has 2 fully saturated rings. The van der Waals surface area contributed by atoms with Gasteiger partial charge in [-0.1, -0.05) is 41.8 Å². The van der Waals surface area contributed by atoms with Gasteiger partial charge in [0.2, 0.25) is 0 Å². The molecule has 0 saturated heterocycles. The molecule has 3 atom stereocenters. The van der Waals surface area contributed by atoms with Crippen molar-refractivity contribution in [3.63, 3.8) is 0 Å². The molecule has 3 aliphatic rings. The summed E-state index contributed by atoms with van der Waals surface area (Å²) in [5, 5.41) is 15.2. The Morgan fingerprint density at radius 3 is 2.65 bits per heavy atom. The predicted octanol–water partition coefficient (Wildman–Crippen LogP) is 6.19. The van der Waals surface area contributed by atoms with Crippen LogP contribution in [0.1, 0.15) is 56.9 Å². The van der Waals surface area contributed by atoms with Gasteiger partial charge in [-0.15, -0.1) is 0 Å². The lowest BCUT2D eigenvalue weighted by Crippen LogP contribution is -2.77. The maximum Gasteiger partial charge on any atom is 0.269 e. The first-order chi connectivity index (χ1) is 19.3. The summed E-state index contributed by atoms with van der Waals surface area (Å²) in [6.07, 6.45) is 10.8. The maximum atomic E-state index is 13.5. The number of allylic oxidation sites excluding steroid dienone is 2. The van der Waals surface area contributed by atoms with Gasteiger partial charge in [0.15, 0.2) is 5.69 Å². The highest BCUT2D eigenvalue weighted by atomic mass is 35.5. The van der Waals surface area contributed by atoms with Gasteiger partial charge in [0.25, 0.3) is 5.91 Å². The van der Waals surface area contributed by atoms with E-state index in [0.717, 1.165) is 73.2 Å². The highest BCUT2D eigenvalue weighted by molar-refractivity contribution is 6.44. The van der Waals surface area contributed by atoms with Gasteiger partial charge < -0.3 is 10.1 Å². The first-order valence-corrected chi connectivity index (χ1v) is 14.6. The first-order valence-electron chi connectivity index (χ1n) is 13.8. The quantitative estimate of drug-likeness (QED) is 0.198. The summed E-state index contributed by atoms with van der Waals surface area (Å²) in [6, 6.07) is 13.2. The summed E-state index contributed by atoms with van der Waals surface area (Å²) in [7, 11) is 1.64. The van der Waals surface area contributed by atoms with Crippen LogP contribution in [-0.2, 0) is 9.59 Å². The van der Waals surface area contributed by atoms with Crippen molar-refractivity contribution < 1.29 is 19.6 Å². The van der Waals surface area contributed by atoms with Crippen molar-refractivity contribution in [2.75, 3.05) is 7.11 Å². The van der Waals surface area contributed by atoms with Crippen LogP contribution < -0.4 is 15.4 Å². The van der Waals surface area contributed by atoms with Gasteiger partial charge in [-0.3, -0.25) is 15.5 Å². The van der Waals surface area contributed by atoms with Crippen molar-refractivity contribution in [1.29, 1.82) is 5.41 Å². The maximum absolute atomic E-state index is 13.5. The number of rotatable bonds is 8. The molecule has 40 heavy (non-hydrogen) atoms. The smallest absolute Gasteiger partial charge is 0.269 e. The van der Waals surface area contributed by atoms with Gasteiger partial charge in [-0.2, -0.15) is 0 Å². The fourth-order valence-electron chi connectivity index (χ4n) is 6.37. The topological polar surface area (TPSA) is 95.9 Å². The van der Waals surface area contributed by atoms with E-state index in [4.69, 9.17) is 33.3 Å². The van der Waals surface area contributed by atoms with Crippen LogP contribution in [0, 0.1) is 16.7 Å². The summed E-state index contributed by atoms with van der Waals surface area (Å²) in [4.78, 5) is 24.5. The van der Waals surface area contributed by atoms with Gasteiger partial charge >= 0.3 is 0 Å². The number of ether oxygens (including phenoxy) is 1. The Hall–Kier alpha value is -3.15. The Balaban J connectivity index is 1.48. The molecule has 0 aromatic heterocycles. The second-order valence-corrected chi connectivity index (χ2v) is 11.8. The Bertz CT molecular complexity index is 1430. The van der Waals surface area contributed by atoms with Crippen LogP contribution in [0.5, 0.6) is 5.75 Å². The molecule has 2 saturated carbocycles. The molecule has 1 spiro atoms. The fourth-order valence-corrected chi connectivity index (χ4v) is 6.83. The van der Waals surface area contributed by atoms with E-state index in [0.29, 0.717) is 22.0 Å². The van der Waals surface area contributed by atoms with Gasteiger partial charge in [0, 0.05) is 34.4 Å². The second kappa shape index (κ2) is 12.2. The highest BCUT2D eigenvalue weighted by Gasteiger charge is 2.60. The summed E-state index contributed by atoms with van der Waals surface area (Å²) >= 11 is 12.7. The van der Waals surface area contributed by atoms with Gasteiger partial charge in [0.1, 0.15) is 28.1 Å². The van der Waals surface area contributed by atoms with E-state index in [9.17, 15) is 9.59 Å². The van der Waals surface area contributed by atoms with E-state index < -0.39 is 0 Å². The van der Waals surface area contributed by atoms with Crippen LogP contribution in [0.2, 0.25) is 10.0 Å². The Morgan fingerprint density at radius 2 is 1.93 bits per heavy atom. The van der Waals surface area contributed by atoms with E-state index in [-0.39, 0.29) is 29.0 Å². The lowest BCUT2D eigenvalue weighted by Gasteiger charge is -2.18. The zero-order valence-corrected chi connectivity index (χ0v) is 24.1. The number of halogens is 2. The minimum atomic E-state index is -0.364. The van der Waals surface area contributed by atoms with Crippen molar-refractivity contribution in [3.8, 4) is 5.75 Å². The van der Waals surface area contributed by atoms with Crippen LogP contribution >= 0.6 is 23.2 Å². The minimum Gasteiger partial charge on any atom is -0.497 e. The zero-order chi connectivity index (χ0) is 28.3. The summed E-state index contributed by atoms with van der Waals surface area (Å²) in [5.41, 5.74) is 4.34. The van der Waals surface area contributed by atoms with Crippen molar-refractivity contribution >= 4 is 52.5 Å². The number of methoxy groups -OCH3 is 1. The van der Waals surface area contributed by atoms with E-state index >= 15 is 0 Å². The number of amides is 1. The average Bonchev–Trinajstić information content (AvgIpc) is 3.55. The Morgan fingerprint density at radius 1 is 1.15 bits per heavy atom. The molecule has 3 unspecified atom stereocenters. The standard InChI is InChI=1S/C32H33Cl2N3O3/c1-40-24-11-8-20(9-12-24)17-21-5-2-3-7-25(30(21)36-27-13-10-23(33)18-26(27)34)29(35)31(39)37-28-19-32(28)15-4-6-22(32)14-16-38/h8-14,17-18,22,28,35-36H,2-7,15,19H2,1H3,(H,37,39)/p+1/b21-17+,35-29?. The van der Waals surface area contributed by atoms with E-state index in [1.165, 1.54) is 0 Å². The molecule has 208 valence electrons. The monoisotopic (exact) mass is 578 g/mol. The van der Waals surface area contributed by atoms with Crippen LogP contribution in [0.4, 0.5) is 5.69 Å². The molecule has 6 nitrogen and oxygen atoms in total. The third kappa shape index (κ3) is 5.96. The molecule has 0 radical (unpaired) electrons. The van der Waals surface area contributed by atoms with Crippen molar-refractivity contribution in [1.82, 2.24) is 5.32 Å². The number of nitrogens with one attached hydrogen (secondary N) is 2. The van der Waals surface area contributed by atoms with E-state index in [1.807, 2.05) is 41.6 Å². The third-order valence-electron chi connectivity index (χ3n) is 8.63. The average molecular weight is 580 g/mol. The molecule has 3 aliphatic carbocycles. The number of benzene rings is 2. The second-order valence-electron chi connectivity index (χ2n) is 11.0. The lowest BCUT2D eigenvalue weighted by molar-refractivity contribution is -0.514. The van der Waals surface area contributed by atoms with Gasteiger partial charge in [0.05, 0.1) is 7.11 Å². The molecular weight excluding hydrogens is 545 g/mol. The molecule has 0 bridgehead atoms. The number of nitrogens with two attached hydrogens (primary N) is 1. The van der Waals surface area contributed by atoms with Gasteiger partial charge in [-0.25, -0.2) is 4.79 Å². The summed E-state index contributed by atoms with van der Waals surface area (Å²) in [5.74, 6) is 2.52. The SMILES string of the molecule is COc1ccc(/C=C2\CCCCC(C(=N)C(=O)NC3CC34CCCC4C=C=O)=C2[NH2+]c2ccc(Cl)cc2Cl)cc1. The number of carbonyl (C=O) groups excluding carboxylic acids is 2. The number of quaternary nitrogens is 1. The van der Waals surface area contributed by atoms with Crippen molar-refractivity contribution in [2.45, 2.75) is 57.4 Å². The molecule has 1 amide bonds. The zero-order valence-electron chi connectivity index (χ0n) is 22.6. The van der Waals surface area contributed by atoms with Crippen molar-refractivity contribution in [2.24, 2.45) is 11.3 Å². The third-order valence-corrected chi connectivity index (χ3v) is 9.19. The van der Waals surface area contributed by atoms with Crippen LogP contribution in [0.15, 0.2) is 65.4 Å². The van der Waals surface area contributed by atoms with Gasteiger partial charge in [-0.05, 0) is 92.2 Å². The molecule has 4 N–H and O–H groups in total. The highest BCUT2D eigenvalue weighted by Crippen LogP contribution is 2.61. The number of hydrogen-bond acceptors (Lipinski definition) is 4. The number of hydrogen-bond donors (Lipinski definition) is 3. The van der Waals surface area contributed by atoms with Crippen molar-refractivity contribution in [3.05, 3.63) is 81.0 Å². The molecule has 2 aromatic rings.